The van der Waals surface area contributed by atoms with Crippen molar-refractivity contribution in [1.82, 2.24) is 10.2 Å². The minimum absolute atomic E-state index is 0.0864. The van der Waals surface area contributed by atoms with Crippen LogP contribution in [0.5, 0.6) is 0 Å². The lowest BCUT2D eigenvalue weighted by molar-refractivity contribution is 0.0999. The van der Waals surface area contributed by atoms with Crippen molar-refractivity contribution >= 4 is 5.91 Å². The molecule has 2 aromatic rings. The summed E-state index contributed by atoms with van der Waals surface area (Å²) < 4.78 is 0. The van der Waals surface area contributed by atoms with E-state index in [1.165, 1.54) is 0 Å². The van der Waals surface area contributed by atoms with Gasteiger partial charge in [0.2, 0.25) is 5.91 Å². The molecule has 3 rings (SSSR count). The molecule has 0 atom stereocenters. The van der Waals surface area contributed by atoms with Gasteiger partial charge in [0.05, 0.1) is 5.69 Å². The molecule has 0 bridgehead atoms. The van der Waals surface area contributed by atoms with Crippen molar-refractivity contribution in [3.8, 4) is 0 Å². The second-order valence-electron chi connectivity index (χ2n) is 5.36. The number of nitrogens with two attached hydrogens (primary N) is 1. The van der Waals surface area contributed by atoms with Crippen molar-refractivity contribution in [3.05, 3.63) is 62.6 Å². The third kappa shape index (κ3) is 2.59. The molecule has 1 aliphatic rings. The maximum absolute atomic E-state index is 11.9. The van der Waals surface area contributed by atoms with Crippen LogP contribution in [0.1, 0.15) is 45.6 Å². The summed E-state index contributed by atoms with van der Waals surface area (Å²) >= 11 is 0. The molecule has 0 spiro atoms. The van der Waals surface area contributed by atoms with Gasteiger partial charge in [0.25, 0.3) is 5.56 Å². The highest BCUT2D eigenvalue weighted by Crippen LogP contribution is 2.22. The van der Waals surface area contributed by atoms with E-state index in [1.54, 1.807) is 12.1 Å². The quantitative estimate of drug-likeness (QED) is 0.890. The zero-order valence-electron chi connectivity index (χ0n) is 11.7. The first-order valence-corrected chi connectivity index (χ1v) is 7.14. The molecule has 5 nitrogen and oxygen atoms in total. The fourth-order valence-corrected chi connectivity index (χ4v) is 2.97. The van der Waals surface area contributed by atoms with Gasteiger partial charge in [0.15, 0.2) is 0 Å². The monoisotopic (exact) mass is 283 g/mol. The van der Waals surface area contributed by atoms with E-state index in [-0.39, 0.29) is 5.56 Å². The van der Waals surface area contributed by atoms with Gasteiger partial charge in [-0.15, -0.1) is 0 Å². The summed E-state index contributed by atoms with van der Waals surface area (Å²) in [7, 11) is 0. The van der Waals surface area contributed by atoms with Crippen molar-refractivity contribution in [3.63, 3.8) is 0 Å². The molecule has 3 N–H and O–H groups in total. The molecule has 0 radical (unpaired) electrons. The van der Waals surface area contributed by atoms with Gasteiger partial charge in [-0.05, 0) is 42.9 Å². The Hall–Kier alpha value is -2.43. The Morgan fingerprint density at radius 2 is 1.90 bits per heavy atom. The summed E-state index contributed by atoms with van der Waals surface area (Å²) in [4.78, 5) is 23.4. The van der Waals surface area contributed by atoms with E-state index in [4.69, 9.17) is 5.73 Å². The molecule has 1 amide bonds. The van der Waals surface area contributed by atoms with Crippen molar-refractivity contribution in [2.24, 2.45) is 5.73 Å². The number of hydrogen-bond acceptors (Lipinski definition) is 3. The number of carbonyl (C=O) groups excluding carboxylic acids is 1. The van der Waals surface area contributed by atoms with Gasteiger partial charge in [-0.1, -0.05) is 18.2 Å². The van der Waals surface area contributed by atoms with Gasteiger partial charge in [-0.25, -0.2) is 5.10 Å². The highest BCUT2D eigenvalue weighted by atomic mass is 16.1. The first-order chi connectivity index (χ1) is 10.2. The molecule has 1 aromatic carbocycles. The zero-order valence-corrected chi connectivity index (χ0v) is 11.7. The van der Waals surface area contributed by atoms with Crippen LogP contribution in [0.15, 0.2) is 29.1 Å². The van der Waals surface area contributed by atoms with Crippen LogP contribution in [0.2, 0.25) is 0 Å². The standard InChI is InChI=1S/C16H17N3O2/c17-15(20)11-6-2-1-5-10(11)9-14-12-7-3-4-8-13(12)16(21)19-18-14/h1-2,5-6H,3-4,7-9H2,(H2,17,20)(H,19,21). The molecular weight excluding hydrogens is 266 g/mol. The van der Waals surface area contributed by atoms with E-state index >= 15 is 0 Å². The average molecular weight is 283 g/mol. The maximum Gasteiger partial charge on any atom is 0.267 e. The van der Waals surface area contributed by atoms with E-state index in [9.17, 15) is 9.59 Å². The number of amides is 1. The number of nitrogens with one attached hydrogen (secondary N) is 1. The molecule has 1 aromatic heterocycles. The Labute approximate surface area is 122 Å². The highest BCUT2D eigenvalue weighted by Gasteiger charge is 2.19. The van der Waals surface area contributed by atoms with Crippen molar-refractivity contribution in [2.45, 2.75) is 32.1 Å². The SMILES string of the molecule is NC(=O)c1ccccc1Cc1n[nH]c(=O)c2c1CCCC2. The average Bonchev–Trinajstić information content (AvgIpc) is 2.51. The van der Waals surface area contributed by atoms with Crippen LogP contribution < -0.4 is 11.3 Å². The van der Waals surface area contributed by atoms with E-state index in [2.05, 4.69) is 10.2 Å². The Bertz CT molecular complexity index is 749. The molecule has 0 saturated carbocycles. The lowest BCUT2D eigenvalue weighted by Gasteiger charge is -2.17. The van der Waals surface area contributed by atoms with Gasteiger partial charge < -0.3 is 5.73 Å². The van der Waals surface area contributed by atoms with Crippen molar-refractivity contribution < 1.29 is 4.79 Å². The van der Waals surface area contributed by atoms with Crippen LogP contribution in [-0.4, -0.2) is 16.1 Å². The summed E-state index contributed by atoms with van der Waals surface area (Å²) in [5.41, 5.74) is 9.42. The number of carbonyl (C=O) groups is 1. The van der Waals surface area contributed by atoms with Gasteiger partial charge in [0.1, 0.15) is 0 Å². The number of aromatic nitrogens is 2. The van der Waals surface area contributed by atoms with Gasteiger partial charge in [-0.2, -0.15) is 5.10 Å². The van der Waals surface area contributed by atoms with E-state index in [1.807, 2.05) is 12.1 Å². The van der Waals surface area contributed by atoms with Crippen LogP contribution in [0.3, 0.4) is 0 Å². The smallest absolute Gasteiger partial charge is 0.267 e. The molecular formula is C16H17N3O2. The first-order valence-electron chi connectivity index (χ1n) is 7.14. The van der Waals surface area contributed by atoms with Crippen LogP contribution in [0, 0.1) is 0 Å². The molecule has 0 saturated heterocycles. The molecule has 1 aliphatic carbocycles. The summed E-state index contributed by atoms with van der Waals surface area (Å²) in [6.45, 7) is 0. The third-order valence-electron chi connectivity index (χ3n) is 4.02. The summed E-state index contributed by atoms with van der Waals surface area (Å²) in [6, 6.07) is 7.26. The predicted molar refractivity (Wildman–Crippen MR) is 79.3 cm³/mol. The maximum atomic E-state index is 11.9. The third-order valence-corrected chi connectivity index (χ3v) is 4.02. The van der Waals surface area contributed by atoms with E-state index in [0.29, 0.717) is 12.0 Å². The number of rotatable bonds is 3. The minimum Gasteiger partial charge on any atom is -0.366 e. The van der Waals surface area contributed by atoms with Gasteiger partial charge in [0, 0.05) is 17.5 Å². The normalized spacial score (nSPS) is 13.7. The molecule has 0 fully saturated rings. The van der Waals surface area contributed by atoms with E-state index in [0.717, 1.165) is 48.1 Å². The molecule has 0 unspecified atom stereocenters. The second-order valence-corrected chi connectivity index (χ2v) is 5.36. The van der Waals surface area contributed by atoms with Gasteiger partial charge >= 0.3 is 0 Å². The van der Waals surface area contributed by atoms with Gasteiger partial charge in [-0.3, -0.25) is 9.59 Å². The molecule has 0 aliphatic heterocycles. The Morgan fingerprint density at radius 3 is 2.67 bits per heavy atom. The number of primary amides is 1. The lowest BCUT2D eigenvalue weighted by Crippen LogP contribution is -2.23. The molecule has 21 heavy (non-hydrogen) atoms. The summed E-state index contributed by atoms with van der Waals surface area (Å²) in [5, 5.41) is 6.77. The zero-order chi connectivity index (χ0) is 14.8. The number of H-pyrrole nitrogens is 1. The summed E-state index contributed by atoms with van der Waals surface area (Å²) in [6.07, 6.45) is 4.30. The Balaban J connectivity index is 2.04. The van der Waals surface area contributed by atoms with Crippen LogP contribution >= 0.6 is 0 Å². The number of nitrogens with zero attached hydrogens (tertiary/aromatic N) is 1. The number of benzene rings is 1. The summed E-state index contributed by atoms with van der Waals surface area (Å²) in [5.74, 6) is -0.441. The minimum atomic E-state index is -0.441. The highest BCUT2D eigenvalue weighted by molar-refractivity contribution is 5.94. The van der Waals surface area contributed by atoms with Crippen molar-refractivity contribution in [1.29, 1.82) is 0 Å². The first kappa shape index (κ1) is 13.5. The van der Waals surface area contributed by atoms with E-state index < -0.39 is 5.91 Å². The van der Waals surface area contributed by atoms with Crippen molar-refractivity contribution in [2.75, 3.05) is 0 Å². The fraction of sp³-hybridized carbons (Fsp3) is 0.312. The number of aromatic amines is 1. The predicted octanol–water partition coefficient (Wildman–Crippen LogP) is 1.34. The Morgan fingerprint density at radius 1 is 1.19 bits per heavy atom. The second kappa shape index (κ2) is 5.52. The number of fused-ring (bicyclic) bond motifs is 1. The van der Waals surface area contributed by atoms with Crippen LogP contribution in [0.4, 0.5) is 0 Å². The number of hydrogen-bond donors (Lipinski definition) is 2. The molecule has 1 heterocycles. The molecule has 5 heteroatoms. The fourth-order valence-electron chi connectivity index (χ4n) is 2.97. The van der Waals surface area contributed by atoms with Crippen LogP contribution in [0.25, 0.3) is 0 Å². The topological polar surface area (TPSA) is 88.8 Å². The lowest BCUT2D eigenvalue weighted by atomic mass is 9.89. The Kier molecular flexibility index (Phi) is 3.56. The van der Waals surface area contributed by atoms with Crippen LogP contribution in [-0.2, 0) is 19.3 Å². The molecule has 108 valence electrons. The largest absolute Gasteiger partial charge is 0.366 e.